The summed E-state index contributed by atoms with van der Waals surface area (Å²) in [6.45, 7) is 4.57. The van der Waals surface area contributed by atoms with Gasteiger partial charge in [0.25, 0.3) is 0 Å². The minimum atomic E-state index is -0.179. The van der Waals surface area contributed by atoms with E-state index in [9.17, 15) is 4.39 Å². The topological polar surface area (TPSA) is 32.5 Å². The van der Waals surface area contributed by atoms with Gasteiger partial charge < -0.3 is 10.6 Å². The number of rotatable bonds is 3. The van der Waals surface area contributed by atoms with E-state index in [2.05, 4.69) is 9.80 Å². The molecule has 1 saturated carbocycles. The van der Waals surface area contributed by atoms with Gasteiger partial charge in [-0.1, -0.05) is 12.8 Å². The summed E-state index contributed by atoms with van der Waals surface area (Å²) in [4.78, 5) is 4.90. The SMILES string of the molecule is NCc1cc(F)cc(N2CCN(C3CCCC3)CC2)c1. The van der Waals surface area contributed by atoms with Crippen LogP contribution in [0.3, 0.4) is 0 Å². The summed E-state index contributed by atoms with van der Waals surface area (Å²) in [6, 6.07) is 5.97. The van der Waals surface area contributed by atoms with Gasteiger partial charge in [-0.25, -0.2) is 4.39 Å². The number of nitrogens with two attached hydrogens (primary N) is 1. The molecule has 0 spiro atoms. The van der Waals surface area contributed by atoms with Gasteiger partial charge in [-0.3, -0.25) is 4.90 Å². The minimum Gasteiger partial charge on any atom is -0.369 e. The summed E-state index contributed by atoms with van der Waals surface area (Å²) in [5.74, 6) is -0.179. The maximum absolute atomic E-state index is 13.6. The molecule has 1 aliphatic heterocycles. The summed E-state index contributed by atoms with van der Waals surface area (Å²) in [7, 11) is 0. The molecule has 3 nitrogen and oxygen atoms in total. The summed E-state index contributed by atoms with van der Waals surface area (Å²) < 4.78 is 13.6. The van der Waals surface area contributed by atoms with Crippen molar-refractivity contribution in [3.8, 4) is 0 Å². The monoisotopic (exact) mass is 277 g/mol. The number of halogens is 1. The second-order valence-corrected chi connectivity index (χ2v) is 5.98. The lowest BCUT2D eigenvalue weighted by atomic mass is 10.1. The van der Waals surface area contributed by atoms with E-state index >= 15 is 0 Å². The molecule has 0 atom stereocenters. The molecule has 0 unspecified atom stereocenters. The summed E-state index contributed by atoms with van der Waals surface area (Å²) >= 11 is 0. The van der Waals surface area contributed by atoms with Crippen LogP contribution in [0.4, 0.5) is 10.1 Å². The van der Waals surface area contributed by atoms with Gasteiger partial charge in [0.2, 0.25) is 0 Å². The van der Waals surface area contributed by atoms with Crippen LogP contribution in [0.1, 0.15) is 31.2 Å². The lowest BCUT2D eigenvalue weighted by Gasteiger charge is -2.39. The highest BCUT2D eigenvalue weighted by Gasteiger charge is 2.26. The minimum absolute atomic E-state index is 0.179. The highest BCUT2D eigenvalue weighted by Crippen LogP contribution is 2.26. The van der Waals surface area contributed by atoms with Crippen molar-refractivity contribution >= 4 is 5.69 Å². The van der Waals surface area contributed by atoms with Crippen LogP contribution in [0, 0.1) is 5.82 Å². The molecule has 1 aliphatic carbocycles. The predicted molar refractivity (Wildman–Crippen MR) is 80.3 cm³/mol. The average molecular weight is 277 g/mol. The smallest absolute Gasteiger partial charge is 0.125 e. The number of anilines is 1. The molecule has 0 bridgehead atoms. The standard InChI is InChI=1S/C16H24FN3/c17-14-9-13(12-18)10-16(11-14)20-7-5-19(6-8-20)15-3-1-2-4-15/h9-11,15H,1-8,12,18H2. The quantitative estimate of drug-likeness (QED) is 0.920. The number of nitrogens with zero attached hydrogens (tertiary/aromatic N) is 2. The predicted octanol–water partition coefficient (Wildman–Crippen LogP) is 2.35. The van der Waals surface area contributed by atoms with E-state index in [1.54, 1.807) is 6.07 Å². The fourth-order valence-corrected chi connectivity index (χ4v) is 3.55. The van der Waals surface area contributed by atoms with Crippen LogP contribution in [0.15, 0.2) is 18.2 Å². The Hall–Kier alpha value is -1.13. The molecule has 1 heterocycles. The van der Waals surface area contributed by atoms with E-state index in [-0.39, 0.29) is 5.82 Å². The van der Waals surface area contributed by atoms with Crippen LogP contribution in [0.25, 0.3) is 0 Å². The average Bonchev–Trinajstić information content (AvgIpc) is 3.01. The number of hydrogen-bond acceptors (Lipinski definition) is 3. The highest BCUT2D eigenvalue weighted by molar-refractivity contribution is 5.49. The van der Waals surface area contributed by atoms with E-state index in [4.69, 9.17) is 5.73 Å². The second kappa shape index (κ2) is 6.10. The van der Waals surface area contributed by atoms with E-state index in [0.29, 0.717) is 6.54 Å². The van der Waals surface area contributed by atoms with Gasteiger partial charge in [0.05, 0.1) is 0 Å². The van der Waals surface area contributed by atoms with Crippen molar-refractivity contribution < 1.29 is 4.39 Å². The molecule has 4 heteroatoms. The van der Waals surface area contributed by atoms with Gasteiger partial charge in [0.1, 0.15) is 5.82 Å². The van der Waals surface area contributed by atoms with Crippen LogP contribution in [-0.2, 0) is 6.54 Å². The number of benzene rings is 1. The molecule has 0 amide bonds. The van der Waals surface area contributed by atoms with Gasteiger partial charge >= 0.3 is 0 Å². The molecule has 2 fully saturated rings. The summed E-state index contributed by atoms with van der Waals surface area (Å²) in [5.41, 5.74) is 7.48. The first-order valence-electron chi connectivity index (χ1n) is 7.75. The van der Waals surface area contributed by atoms with Crippen LogP contribution < -0.4 is 10.6 Å². The van der Waals surface area contributed by atoms with Gasteiger partial charge in [-0.2, -0.15) is 0 Å². The van der Waals surface area contributed by atoms with E-state index < -0.39 is 0 Å². The molecule has 0 radical (unpaired) electrons. The number of piperazine rings is 1. The normalized spacial score (nSPS) is 21.6. The van der Waals surface area contributed by atoms with Crippen molar-refractivity contribution in [2.24, 2.45) is 5.73 Å². The molecule has 20 heavy (non-hydrogen) atoms. The molecule has 2 N–H and O–H groups in total. The largest absolute Gasteiger partial charge is 0.369 e. The Kier molecular flexibility index (Phi) is 4.22. The fourth-order valence-electron chi connectivity index (χ4n) is 3.55. The van der Waals surface area contributed by atoms with Crippen LogP contribution in [-0.4, -0.2) is 37.1 Å². The Morgan fingerprint density at radius 3 is 2.40 bits per heavy atom. The Labute approximate surface area is 120 Å². The highest BCUT2D eigenvalue weighted by atomic mass is 19.1. The first-order valence-corrected chi connectivity index (χ1v) is 7.75. The second-order valence-electron chi connectivity index (χ2n) is 5.98. The molecular formula is C16H24FN3. The maximum Gasteiger partial charge on any atom is 0.125 e. The lowest BCUT2D eigenvalue weighted by molar-refractivity contribution is 0.187. The Balaban J connectivity index is 1.64. The van der Waals surface area contributed by atoms with E-state index in [1.165, 1.54) is 31.7 Å². The molecular weight excluding hydrogens is 253 g/mol. The van der Waals surface area contributed by atoms with Gasteiger partial charge in [0, 0.05) is 44.5 Å². The zero-order valence-electron chi connectivity index (χ0n) is 12.0. The van der Waals surface area contributed by atoms with Crippen LogP contribution in [0.2, 0.25) is 0 Å². The molecule has 1 aromatic rings. The first-order chi connectivity index (χ1) is 9.76. The Bertz CT molecular complexity index is 449. The Morgan fingerprint density at radius 2 is 1.75 bits per heavy atom. The van der Waals surface area contributed by atoms with Crippen molar-refractivity contribution in [2.75, 3.05) is 31.1 Å². The van der Waals surface area contributed by atoms with Gasteiger partial charge in [-0.05, 0) is 36.6 Å². The lowest BCUT2D eigenvalue weighted by Crippen LogP contribution is -2.49. The van der Waals surface area contributed by atoms with Gasteiger partial charge in [-0.15, -0.1) is 0 Å². The first kappa shape index (κ1) is 13.8. The summed E-state index contributed by atoms with van der Waals surface area (Å²) in [5, 5.41) is 0. The fraction of sp³-hybridized carbons (Fsp3) is 0.625. The maximum atomic E-state index is 13.6. The van der Waals surface area contributed by atoms with E-state index in [1.807, 2.05) is 6.07 Å². The molecule has 1 aromatic carbocycles. The third-order valence-corrected chi connectivity index (χ3v) is 4.70. The van der Waals surface area contributed by atoms with Crippen molar-refractivity contribution in [1.29, 1.82) is 0 Å². The zero-order chi connectivity index (χ0) is 13.9. The van der Waals surface area contributed by atoms with Crippen LogP contribution >= 0.6 is 0 Å². The number of hydrogen-bond donors (Lipinski definition) is 1. The third kappa shape index (κ3) is 2.96. The van der Waals surface area contributed by atoms with Crippen molar-refractivity contribution in [3.63, 3.8) is 0 Å². The Morgan fingerprint density at radius 1 is 1.05 bits per heavy atom. The molecule has 3 rings (SSSR count). The van der Waals surface area contributed by atoms with Crippen LogP contribution in [0.5, 0.6) is 0 Å². The van der Waals surface area contributed by atoms with E-state index in [0.717, 1.165) is 43.5 Å². The van der Waals surface area contributed by atoms with Crippen molar-refractivity contribution in [1.82, 2.24) is 4.90 Å². The molecule has 110 valence electrons. The summed E-state index contributed by atoms with van der Waals surface area (Å²) in [6.07, 6.45) is 5.48. The zero-order valence-corrected chi connectivity index (χ0v) is 12.0. The molecule has 1 saturated heterocycles. The molecule has 2 aliphatic rings. The third-order valence-electron chi connectivity index (χ3n) is 4.70. The van der Waals surface area contributed by atoms with Crippen molar-refractivity contribution in [3.05, 3.63) is 29.6 Å². The molecule has 0 aromatic heterocycles. The van der Waals surface area contributed by atoms with Crippen molar-refractivity contribution in [2.45, 2.75) is 38.3 Å². The van der Waals surface area contributed by atoms with Gasteiger partial charge in [0.15, 0.2) is 0 Å².